The molecule has 4 N–H and O–H groups in total. The van der Waals surface area contributed by atoms with Gasteiger partial charge in [-0.3, -0.25) is 10.4 Å². The Bertz CT molecular complexity index is 409. The van der Waals surface area contributed by atoms with E-state index in [1.807, 2.05) is 0 Å². The molecule has 100 valence electrons. The van der Waals surface area contributed by atoms with E-state index in [4.69, 9.17) is 22.2 Å². The van der Waals surface area contributed by atoms with E-state index in [0.29, 0.717) is 29.0 Å². The van der Waals surface area contributed by atoms with Crippen LogP contribution in [0.4, 0.5) is 5.69 Å². The third-order valence-corrected chi connectivity index (χ3v) is 2.67. The third kappa shape index (κ3) is 4.43. The Labute approximate surface area is 112 Å². The molecular formula is C12H19ClN4O. The van der Waals surface area contributed by atoms with Crippen molar-refractivity contribution >= 4 is 23.2 Å². The number of nitrogens with one attached hydrogen (secondary N) is 2. The standard InChI is InChI=1S/C12H19ClN4O/c1-3-4-7-15-12(17-14)16-11-8-9(18-2)5-6-10(11)13/h5-6,8H,3-4,7,14H2,1-2H3,(H2,15,16,17). The Balaban J connectivity index is 2.77. The first-order valence-corrected chi connectivity index (χ1v) is 6.20. The molecule has 6 heteroatoms. The van der Waals surface area contributed by atoms with Crippen LogP contribution in [0.15, 0.2) is 23.2 Å². The molecule has 1 aromatic rings. The molecule has 0 aromatic heterocycles. The van der Waals surface area contributed by atoms with Gasteiger partial charge in [0.05, 0.1) is 17.8 Å². The summed E-state index contributed by atoms with van der Waals surface area (Å²) in [5.41, 5.74) is 3.21. The second-order valence-electron chi connectivity index (χ2n) is 3.70. The number of ether oxygens (including phenoxy) is 1. The van der Waals surface area contributed by atoms with Gasteiger partial charge < -0.3 is 10.1 Å². The lowest BCUT2D eigenvalue weighted by atomic mass is 10.3. The maximum Gasteiger partial charge on any atom is 0.210 e. The molecule has 0 heterocycles. The Kier molecular flexibility index (Phi) is 6.32. The van der Waals surface area contributed by atoms with Crippen LogP contribution in [0.2, 0.25) is 5.02 Å². The van der Waals surface area contributed by atoms with E-state index in [1.165, 1.54) is 0 Å². The summed E-state index contributed by atoms with van der Waals surface area (Å²) in [5.74, 6) is 6.61. The molecule has 0 unspecified atom stereocenters. The zero-order valence-electron chi connectivity index (χ0n) is 10.7. The van der Waals surface area contributed by atoms with Gasteiger partial charge in [0.1, 0.15) is 5.75 Å². The van der Waals surface area contributed by atoms with Crippen LogP contribution in [0.1, 0.15) is 19.8 Å². The number of hydrogen-bond donors (Lipinski definition) is 3. The molecule has 1 rings (SSSR count). The molecule has 0 saturated heterocycles. The predicted molar refractivity (Wildman–Crippen MR) is 76.2 cm³/mol. The molecule has 0 aliphatic rings. The van der Waals surface area contributed by atoms with Crippen LogP contribution in [0.3, 0.4) is 0 Å². The average Bonchev–Trinajstić information content (AvgIpc) is 2.40. The summed E-state index contributed by atoms with van der Waals surface area (Å²) in [6.45, 7) is 2.82. The number of guanidine groups is 1. The van der Waals surface area contributed by atoms with Crippen LogP contribution >= 0.6 is 11.6 Å². The predicted octanol–water partition coefficient (Wildman–Crippen LogP) is 2.38. The summed E-state index contributed by atoms with van der Waals surface area (Å²) < 4.78 is 5.13. The first-order chi connectivity index (χ1) is 8.71. The number of rotatable bonds is 5. The molecule has 0 bridgehead atoms. The number of benzene rings is 1. The Morgan fingerprint density at radius 1 is 1.50 bits per heavy atom. The van der Waals surface area contributed by atoms with E-state index in [9.17, 15) is 0 Å². The van der Waals surface area contributed by atoms with Crippen LogP contribution < -0.4 is 21.3 Å². The summed E-state index contributed by atoms with van der Waals surface area (Å²) in [5, 5.41) is 3.61. The van der Waals surface area contributed by atoms with Crippen LogP contribution in [-0.2, 0) is 0 Å². The van der Waals surface area contributed by atoms with E-state index in [-0.39, 0.29) is 0 Å². The van der Waals surface area contributed by atoms with E-state index in [0.717, 1.165) is 12.8 Å². The fraction of sp³-hybridized carbons (Fsp3) is 0.417. The highest BCUT2D eigenvalue weighted by molar-refractivity contribution is 6.33. The molecule has 0 amide bonds. The number of hydrogen-bond acceptors (Lipinski definition) is 3. The third-order valence-electron chi connectivity index (χ3n) is 2.34. The van der Waals surface area contributed by atoms with Crippen LogP contribution in [0.25, 0.3) is 0 Å². The van der Waals surface area contributed by atoms with E-state index in [1.54, 1.807) is 25.3 Å². The lowest BCUT2D eigenvalue weighted by Crippen LogP contribution is -2.36. The van der Waals surface area contributed by atoms with E-state index < -0.39 is 0 Å². The number of nitrogens with zero attached hydrogens (tertiary/aromatic N) is 1. The van der Waals surface area contributed by atoms with Gasteiger partial charge >= 0.3 is 0 Å². The minimum atomic E-state index is 0.485. The fourth-order valence-corrected chi connectivity index (χ4v) is 1.49. The highest BCUT2D eigenvalue weighted by Gasteiger charge is 2.04. The first kappa shape index (κ1) is 14.6. The number of halogens is 1. The SMILES string of the molecule is CCCCN=C(NN)Nc1cc(OC)ccc1Cl. The molecule has 18 heavy (non-hydrogen) atoms. The van der Waals surface area contributed by atoms with Gasteiger partial charge in [-0.15, -0.1) is 0 Å². The number of aliphatic imine (C=N–C) groups is 1. The fourth-order valence-electron chi connectivity index (χ4n) is 1.32. The highest BCUT2D eigenvalue weighted by Crippen LogP contribution is 2.26. The van der Waals surface area contributed by atoms with Crippen molar-refractivity contribution in [3.63, 3.8) is 0 Å². The molecule has 0 atom stereocenters. The van der Waals surface area contributed by atoms with E-state index in [2.05, 4.69) is 22.7 Å². The van der Waals surface area contributed by atoms with Crippen LogP contribution in [0, 0.1) is 0 Å². The molecule has 1 aromatic carbocycles. The quantitative estimate of drug-likeness (QED) is 0.253. The zero-order chi connectivity index (χ0) is 13.4. The number of nitrogens with two attached hydrogens (primary N) is 1. The molecule has 5 nitrogen and oxygen atoms in total. The monoisotopic (exact) mass is 270 g/mol. The van der Waals surface area contributed by atoms with Crippen molar-refractivity contribution in [2.45, 2.75) is 19.8 Å². The number of anilines is 1. The average molecular weight is 271 g/mol. The lowest BCUT2D eigenvalue weighted by Gasteiger charge is -2.11. The van der Waals surface area contributed by atoms with Gasteiger partial charge in [-0.25, -0.2) is 5.84 Å². The van der Waals surface area contributed by atoms with Crippen LogP contribution in [0.5, 0.6) is 5.75 Å². The van der Waals surface area contributed by atoms with Crippen molar-refractivity contribution in [1.29, 1.82) is 0 Å². The molecule has 0 fully saturated rings. The number of hydrazine groups is 1. The molecule has 0 spiro atoms. The summed E-state index contributed by atoms with van der Waals surface area (Å²) in [6, 6.07) is 5.33. The van der Waals surface area contributed by atoms with Crippen molar-refractivity contribution < 1.29 is 4.74 Å². The van der Waals surface area contributed by atoms with Gasteiger partial charge in [0, 0.05) is 12.6 Å². The smallest absolute Gasteiger partial charge is 0.210 e. The summed E-state index contributed by atoms with van der Waals surface area (Å²) in [4.78, 5) is 4.29. The largest absolute Gasteiger partial charge is 0.497 e. The van der Waals surface area contributed by atoms with Gasteiger partial charge in [-0.1, -0.05) is 24.9 Å². The maximum atomic E-state index is 6.07. The second kappa shape index (κ2) is 7.79. The topological polar surface area (TPSA) is 71.7 Å². The molecule has 0 aliphatic carbocycles. The number of methoxy groups -OCH3 is 1. The summed E-state index contributed by atoms with van der Waals surface area (Å²) in [6.07, 6.45) is 2.10. The van der Waals surface area contributed by atoms with E-state index >= 15 is 0 Å². The summed E-state index contributed by atoms with van der Waals surface area (Å²) >= 11 is 6.07. The van der Waals surface area contributed by atoms with Gasteiger partial charge in [0.2, 0.25) is 5.96 Å². The molecular weight excluding hydrogens is 252 g/mol. The molecule has 0 saturated carbocycles. The van der Waals surface area contributed by atoms with Crippen molar-refractivity contribution in [2.24, 2.45) is 10.8 Å². The van der Waals surface area contributed by atoms with Gasteiger partial charge in [-0.2, -0.15) is 0 Å². The van der Waals surface area contributed by atoms with Crippen LogP contribution in [-0.4, -0.2) is 19.6 Å². The Morgan fingerprint density at radius 3 is 2.89 bits per heavy atom. The van der Waals surface area contributed by atoms with Gasteiger partial charge in [-0.05, 0) is 18.6 Å². The Morgan fingerprint density at radius 2 is 2.28 bits per heavy atom. The van der Waals surface area contributed by atoms with Crippen molar-refractivity contribution in [2.75, 3.05) is 19.0 Å². The van der Waals surface area contributed by atoms with Crippen molar-refractivity contribution in [3.8, 4) is 5.75 Å². The molecule has 0 aliphatic heterocycles. The van der Waals surface area contributed by atoms with Gasteiger partial charge in [0.15, 0.2) is 0 Å². The minimum Gasteiger partial charge on any atom is -0.497 e. The first-order valence-electron chi connectivity index (χ1n) is 5.83. The van der Waals surface area contributed by atoms with Crippen molar-refractivity contribution in [3.05, 3.63) is 23.2 Å². The second-order valence-corrected chi connectivity index (χ2v) is 4.11. The maximum absolute atomic E-state index is 6.07. The highest BCUT2D eigenvalue weighted by atomic mass is 35.5. The van der Waals surface area contributed by atoms with Crippen molar-refractivity contribution in [1.82, 2.24) is 5.43 Å². The Hall–Kier alpha value is -1.46. The zero-order valence-corrected chi connectivity index (χ0v) is 11.4. The summed E-state index contributed by atoms with van der Waals surface area (Å²) in [7, 11) is 1.60. The minimum absolute atomic E-state index is 0.485. The lowest BCUT2D eigenvalue weighted by molar-refractivity contribution is 0.415. The normalized spacial score (nSPS) is 11.2. The number of unbranched alkanes of at least 4 members (excludes halogenated alkanes) is 1. The molecule has 0 radical (unpaired) electrons. The van der Waals surface area contributed by atoms with Gasteiger partial charge in [0.25, 0.3) is 0 Å².